The summed E-state index contributed by atoms with van der Waals surface area (Å²) in [5, 5.41) is 13.7. The highest BCUT2D eigenvalue weighted by Gasteiger charge is 2.31. The van der Waals surface area contributed by atoms with Crippen molar-refractivity contribution in [3.8, 4) is 0 Å². The summed E-state index contributed by atoms with van der Waals surface area (Å²) in [4.78, 5) is 17.9. The fourth-order valence-electron chi connectivity index (χ4n) is 5.94. The number of carbonyl (C=O) groups excluding carboxylic acids is 1. The van der Waals surface area contributed by atoms with E-state index in [-0.39, 0.29) is 11.8 Å². The minimum absolute atomic E-state index is 0.117. The van der Waals surface area contributed by atoms with Gasteiger partial charge in [0.05, 0.1) is 23.7 Å². The Kier molecular flexibility index (Phi) is 6.89. The topological polar surface area (TPSA) is 62.2 Å². The van der Waals surface area contributed by atoms with Crippen LogP contribution in [0.5, 0.6) is 0 Å². The van der Waals surface area contributed by atoms with Crippen LogP contribution in [0.4, 0.5) is 5.69 Å². The van der Waals surface area contributed by atoms with E-state index < -0.39 is 6.10 Å². The molecule has 1 aromatic rings. The lowest BCUT2D eigenvalue weighted by molar-refractivity contribution is -0.120. The van der Waals surface area contributed by atoms with Crippen molar-refractivity contribution in [1.82, 2.24) is 4.98 Å². The Morgan fingerprint density at radius 1 is 1.00 bits per heavy atom. The summed E-state index contributed by atoms with van der Waals surface area (Å²) < 4.78 is 0. The Hall–Kier alpha value is -1.42. The number of fused-ring (bicyclic) bond motifs is 1. The van der Waals surface area contributed by atoms with Gasteiger partial charge in [-0.2, -0.15) is 0 Å². The molecule has 160 valence electrons. The minimum atomic E-state index is -0.439. The van der Waals surface area contributed by atoms with Crippen molar-refractivity contribution in [2.45, 2.75) is 109 Å². The summed E-state index contributed by atoms with van der Waals surface area (Å²) in [7, 11) is 0. The maximum atomic E-state index is 13.3. The molecule has 2 fully saturated rings. The van der Waals surface area contributed by atoms with Crippen LogP contribution in [0, 0.1) is 11.8 Å². The second-order valence-corrected chi connectivity index (χ2v) is 9.86. The van der Waals surface area contributed by atoms with Crippen LogP contribution in [0.25, 0.3) is 0 Å². The molecular weight excluding hydrogens is 360 g/mol. The number of aromatic nitrogens is 1. The molecular formula is C25H38N2O2. The molecule has 3 aliphatic rings. The van der Waals surface area contributed by atoms with E-state index in [2.05, 4.69) is 17.2 Å². The molecule has 4 heteroatoms. The first-order valence-corrected chi connectivity index (χ1v) is 12.1. The van der Waals surface area contributed by atoms with E-state index in [1.807, 2.05) is 6.20 Å². The fourth-order valence-corrected chi connectivity index (χ4v) is 5.94. The van der Waals surface area contributed by atoms with Crippen molar-refractivity contribution in [3.63, 3.8) is 0 Å². The smallest absolute Gasteiger partial charge is 0.227 e. The van der Waals surface area contributed by atoms with Crippen LogP contribution in [0.3, 0.4) is 0 Å². The van der Waals surface area contributed by atoms with E-state index in [0.29, 0.717) is 11.8 Å². The maximum Gasteiger partial charge on any atom is 0.227 e. The number of aliphatic hydroxyl groups is 1. The van der Waals surface area contributed by atoms with E-state index in [1.54, 1.807) is 0 Å². The third kappa shape index (κ3) is 4.84. The van der Waals surface area contributed by atoms with E-state index in [1.165, 1.54) is 68.9 Å². The third-order valence-electron chi connectivity index (χ3n) is 7.57. The van der Waals surface area contributed by atoms with E-state index in [0.717, 1.165) is 43.5 Å². The van der Waals surface area contributed by atoms with E-state index >= 15 is 0 Å². The van der Waals surface area contributed by atoms with Gasteiger partial charge in [-0.3, -0.25) is 9.78 Å². The van der Waals surface area contributed by atoms with Crippen molar-refractivity contribution >= 4 is 11.6 Å². The van der Waals surface area contributed by atoms with Crippen LogP contribution >= 0.6 is 0 Å². The molecule has 0 radical (unpaired) electrons. The lowest BCUT2D eigenvalue weighted by Crippen LogP contribution is -2.26. The molecule has 0 aromatic carbocycles. The predicted molar refractivity (Wildman–Crippen MR) is 117 cm³/mol. The number of rotatable bonds is 3. The largest absolute Gasteiger partial charge is 0.387 e. The molecule has 3 aliphatic carbocycles. The molecule has 2 N–H and O–H groups in total. The van der Waals surface area contributed by atoms with Gasteiger partial charge in [-0.1, -0.05) is 58.3 Å². The average molecular weight is 399 g/mol. The molecule has 1 heterocycles. The molecule has 4 rings (SSSR count). The number of nitrogens with one attached hydrogen (secondary N) is 1. The summed E-state index contributed by atoms with van der Waals surface area (Å²) in [5.41, 5.74) is 4.33. The summed E-state index contributed by atoms with van der Waals surface area (Å²) >= 11 is 0. The van der Waals surface area contributed by atoms with E-state index in [4.69, 9.17) is 0 Å². The molecule has 4 nitrogen and oxygen atoms in total. The highest BCUT2D eigenvalue weighted by molar-refractivity contribution is 5.93. The molecule has 29 heavy (non-hydrogen) atoms. The van der Waals surface area contributed by atoms with Gasteiger partial charge in [0.2, 0.25) is 5.91 Å². The van der Waals surface area contributed by atoms with E-state index in [9.17, 15) is 9.90 Å². The number of hydrogen-bond acceptors (Lipinski definition) is 3. The van der Waals surface area contributed by atoms with Crippen molar-refractivity contribution < 1.29 is 9.90 Å². The Balaban J connectivity index is 1.60. The van der Waals surface area contributed by atoms with Gasteiger partial charge >= 0.3 is 0 Å². The van der Waals surface area contributed by atoms with Crippen LogP contribution in [-0.4, -0.2) is 16.0 Å². The molecule has 0 spiro atoms. The van der Waals surface area contributed by atoms with Crippen LogP contribution in [0.1, 0.15) is 119 Å². The van der Waals surface area contributed by atoms with Gasteiger partial charge in [0.25, 0.3) is 0 Å². The van der Waals surface area contributed by atoms with Crippen LogP contribution in [-0.2, 0) is 11.2 Å². The molecule has 1 aromatic heterocycles. The van der Waals surface area contributed by atoms with Crippen molar-refractivity contribution in [2.75, 3.05) is 5.32 Å². The number of hydrogen-bond donors (Lipinski definition) is 2. The quantitative estimate of drug-likeness (QED) is 0.610. The van der Waals surface area contributed by atoms with Gasteiger partial charge in [-0.05, 0) is 61.5 Å². The number of nitrogens with zero attached hydrogens (tertiary/aromatic N) is 1. The molecule has 1 amide bonds. The van der Waals surface area contributed by atoms with Crippen LogP contribution in [0.2, 0.25) is 0 Å². The predicted octanol–water partition coefficient (Wildman–Crippen LogP) is 6.04. The Labute approximate surface area is 175 Å². The first-order valence-electron chi connectivity index (χ1n) is 12.1. The Morgan fingerprint density at radius 3 is 2.48 bits per heavy atom. The van der Waals surface area contributed by atoms with Gasteiger partial charge in [0.1, 0.15) is 0 Å². The highest BCUT2D eigenvalue weighted by atomic mass is 16.3. The second kappa shape index (κ2) is 9.59. The zero-order valence-corrected chi connectivity index (χ0v) is 18.1. The molecule has 0 aliphatic heterocycles. The summed E-state index contributed by atoms with van der Waals surface area (Å²) in [6.45, 7) is 2.29. The summed E-state index contributed by atoms with van der Waals surface area (Å²) in [6, 6.07) is 0. The molecule has 2 saturated carbocycles. The molecule has 0 saturated heterocycles. The molecule has 0 bridgehead atoms. The zero-order chi connectivity index (χ0) is 20.2. The first-order chi connectivity index (χ1) is 14.1. The van der Waals surface area contributed by atoms with Crippen LogP contribution in [0.15, 0.2) is 6.20 Å². The van der Waals surface area contributed by atoms with Gasteiger partial charge in [-0.15, -0.1) is 0 Å². The lowest BCUT2D eigenvalue weighted by Gasteiger charge is -2.26. The fraction of sp³-hybridized carbons (Fsp3) is 0.760. The summed E-state index contributed by atoms with van der Waals surface area (Å²) in [6.07, 6.45) is 17.6. The molecule has 2 unspecified atom stereocenters. The summed E-state index contributed by atoms with van der Waals surface area (Å²) in [5.74, 6) is 1.42. The maximum absolute atomic E-state index is 13.3. The monoisotopic (exact) mass is 398 g/mol. The van der Waals surface area contributed by atoms with Crippen LogP contribution < -0.4 is 5.32 Å². The number of anilines is 1. The van der Waals surface area contributed by atoms with Crippen molar-refractivity contribution in [2.24, 2.45) is 11.8 Å². The SMILES string of the molecule is C[C@@H]1CCCCCC(C(=O)Nc2cnc3c(c2C2CCCCCC2)CCC3O)C1. The number of pyridine rings is 1. The number of aliphatic hydroxyl groups excluding tert-OH is 1. The Morgan fingerprint density at radius 2 is 1.69 bits per heavy atom. The second-order valence-electron chi connectivity index (χ2n) is 9.86. The first kappa shape index (κ1) is 20.8. The lowest BCUT2D eigenvalue weighted by atomic mass is 9.84. The van der Waals surface area contributed by atoms with Crippen molar-refractivity contribution in [1.29, 1.82) is 0 Å². The standard InChI is InChI=1S/C25H38N2O2/c1-17-9-5-4-8-12-19(15-17)25(29)27-21-16-26-24-20(13-14-22(24)28)23(21)18-10-6-2-3-7-11-18/h16-19,22,28H,2-15H2,1H3,(H,27,29)/t17-,19?,22?/m1/s1. The Bertz CT molecular complexity index is 709. The normalized spacial score (nSPS) is 28.8. The third-order valence-corrected chi connectivity index (χ3v) is 7.57. The molecule has 3 atom stereocenters. The minimum Gasteiger partial charge on any atom is -0.387 e. The number of amides is 1. The van der Waals surface area contributed by atoms with Gasteiger partial charge in [0, 0.05) is 5.92 Å². The average Bonchev–Trinajstić information content (AvgIpc) is 2.90. The highest BCUT2D eigenvalue weighted by Crippen LogP contribution is 2.43. The van der Waals surface area contributed by atoms with Gasteiger partial charge in [0.15, 0.2) is 0 Å². The zero-order valence-electron chi connectivity index (χ0n) is 18.1. The number of carbonyl (C=O) groups is 1. The van der Waals surface area contributed by atoms with Gasteiger partial charge < -0.3 is 10.4 Å². The van der Waals surface area contributed by atoms with Crippen molar-refractivity contribution in [3.05, 3.63) is 23.0 Å². The van der Waals surface area contributed by atoms with Gasteiger partial charge in [-0.25, -0.2) is 0 Å².